The highest BCUT2D eigenvalue weighted by Crippen LogP contribution is 2.41. The highest BCUT2D eigenvalue weighted by Gasteiger charge is 2.51. The van der Waals surface area contributed by atoms with Crippen molar-refractivity contribution in [3.05, 3.63) is 0 Å². The molecule has 2 saturated carbocycles. The lowest BCUT2D eigenvalue weighted by molar-refractivity contribution is -0.150. The molecule has 0 spiro atoms. The van der Waals surface area contributed by atoms with Gasteiger partial charge in [0, 0.05) is 6.04 Å². The Balaban J connectivity index is 1.88. The molecule has 116 valence electrons. The Morgan fingerprint density at radius 1 is 1.35 bits per heavy atom. The van der Waals surface area contributed by atoms with E-state index in [9.17, 15) is 4.79 Å². The Hall–Kier alpha value is -0.220. The molecular weight excluding hydrogens is 270 g/mol. The first-order valence-corrected chi connectivity index (χ1v) is 9.32. The summed E-state index contributed by atoms with van der Waals surface area (Å²) in [4.78, 5) is 12.4. The van der Waals surface area contributed by atoms with E-state index >= 15 is 0 Å². The molecular formula is C16H29NO2S. The number of unbranched alkanes of at least 4 members (excludes halogenated alkanes) is 1. The van der Waals surface area contributed by atoms with Gasteiger partial charge in [-0.3, -0.25) is 10.1 Å². The molecule has 0 aromatic carbocycles. The van der Waals surface area contributed by atoms with Crippen molar-refractivity contribution in [3.63, 3.8) is 0 Å². The molecule has 2 atom stereocenters. The smallest absolute Gasteiger partial charge is 0.326 e. The van der Waals surface area contributed by atoms with Gasteiger partial charge in [0.2, 0.25) is 0 Å². The highest BCUT2D eigenvalue weighted by atomic mass is 32.2. The average Bonchev–Trinajstić information content (AvgIpc) is 3.18. The number of hydrogen-bond donors (Lipinski definition) is 1. The van der Waals surface area contributed by atoms with E-state index in [4.69, 9.17) is 4.74 Å². The van der Waals surface area contributed by atoms with Gasteiger partial charge >= 0.3 is 5.97 Å². The largest absolute Gasteiger partial charge is 0.468 e. The van der Waals surface area contributed by atoms with E-state index in [2.05, 4.69) is 12.2 Å². The third kappa shape index (κ3) is 3.91. The Kier molecular flexibility index (Phi) is 6.21. The second-order valence-corrected chi connectivity index (χ2v) is 7.45. The summed E-state index contributed by atoms with van der Waals surface area (Å²) in [5, 5.41) is 3.64. The van der Waals surface area contributed by atoms with Crippen LogP contribution in [0.25, 0.3) is 0 Å². The van der Waals surface area contributed by atoms with Gasteiger partial charge in [0.25, 0.3) is 0 Å². The topological polar surface area (TPSA) is 38.3 Å². The quantitative estimate of drug-likeness (QED) is 0.523. The predicted octanol–water partition coefficient (Wildman–Crippen LogP) is 3.37. The van der Waals surface area contributed by atoms with Crippen molar-refractivity contribution >= 4 is 17.7 Å². The predicted molar refractivity (Wildman–Crippen MR) is 85.1 cm³/mol. The maximum absolute atomic E-state index is 12.4. The zero-order chi connectivity index (χ0) is 14.4. The second-order valence-electron chi connectivity index (χ2n) is 6.23. The van der Waals surface area contributed by atoms with Crippen LogP contribution in [0.3, 0.4) is 0 Å². The van der Waals surface area contributed by atoms with Crippen LogP contribution >= 0.6 is 11.8 Å². The summed E-state index contributed by atoms with van der Waals surface area (Å²) < 4.78 is 5.13. The molecule has 0 aromatic rings. The fraction of sp³-hybridized carbons (Fsp3) is 0.938. The van der Waals surface area contributed by atoms with Crippen LogP contribution < -0.4 is 5.32 Å². The molecule has 3 nitrogen and oxygen atoms in total. The normalized spacial score (nSPS) is 29.6. The van der Waals surface area contributed by atoms with E-state index in [1.54, 1.807) is 0 Å². The first-order valence-electron chi connectivity index (χ1n) is 8.16. The first kappa shape index (κ1) is 16.2. The van der Waals surface area contributed by atoms with E-state index < -0.39 is 0 Å². The van der Waals surface area contributed by atoms with Gasteiger partial charge in [-0.25, -0.2) is 0 Å². The Morgan fingerprint density at radius 3 is 2.80 bits per heavy atom. The van der Waals surface area contributed by atoms with E-state index in [1.165, 1.54) is 50.7 Å². The number of nitrogens with one attached hydrogen (secondary N) is 1. The van der Waals surface area contributed by atoms with Crippen LogP contribution in [0.4, 0.5) is 0 Å². The molecule has 1 N–H and O–H groups in total. The van der Waals surface area contributed by atoms with Gasteiger partial charge in [0.1, 0.15) is 5.54 Å². The van der Waals surface area contributed by atoms with Crippen molar-refractivity contribution in [2.24, 2.45) is 5.92 Å². The Labute approximate surface area is 127 Å². The first-order chi connectivity index (χ1) is 9.73. The van der Waals surface area contributed by atoms with Gasteiger partial charge in [-0.15, -0.1) is 0 Å². The number of esters is 1. The van der Waals surface area contributed by atoms with Crippen molar-refractivity contribution in [2.75, 3.05) is 18.6 Å². The van der Waals surface area contributed by atoms with Crippen molar-refractivity contribution < 1.29 is 9.53 Å². The standard InChI is InChI=1S/C16H29NO2S/c1-3-4-11-20-12-9-13-6-5-10-16(13,15(18)19-2)17-14-7-8-14/h13-14,17H,3-12H2,1-2H3. The molecule has 2 aliphatic rings. The highest BCUT2D eigenvalue weighted by molar-refractivity contribution is 7.99. The fourth-order valence-corrected chi connectivity index (χ4v) is 4.48. The molecule has 20 heavy (non-hydrogen) atoms. The number of carbonyl (C=O) groups excluding carboxylic acids is 1. The van der Waals surface area contributed by atoms with Gasteiger partial charge < -0.3 is 4.74 Å². The fourth-order valence-electron chi connectivity index (χ4n) is 3.33. The lowest BCUT2D eigenvalue weighted by Gasteiger charge is -2.34. The molecule has 0 aromatic heterocycles. The summed E-state index contributed by atoms with van der Waals surface area (Å²) in [7, 11) is 1.53. The van der Waals surface area contributed by atoms with E-state index in [1.807, 2.05) is 11.8 Å². The molecule has 2 fully saturated rings. The van der Waals surface area contributed by atoms with Gasteiger partial charge in [-0.2, -0.15) is 11.8 Å². The summed E-state index contributed by atoms with van der Waals surface area (Å²) in [5.41, 5.74) is -0.374. The minimum atomic E-state index is -0.374. The maximum Gasteiger partial charge on any atom is 0.326 e. The lowest BCUT2D eigenvalue weighted by Crippen LogP contribution is -2.56. The molecule has 0 bridgehead atoms. The molecule has 0 radical (unpaired) electrons. The molecule has 2 aliphatic carbocycles. The lowest BCUT2D eigenvalue weighted by atomic mass is 9.84. The monoisotopic (exact) mass is 299 g/mol. The molecule has 4 heteroatoms. The molecule has 2 unspecified atom stereocenters. The average molecular weight is 299 g/mol. The van der Waals surface area contributed by atoms with Crippen LogP contribution in [0.2, 0.25) is 0 Å². The Bertz CT molecular complexity index is 320. The zero-order valence-corrected chi connectivity index (χ0v) is 13.8. The number of methoxy groups -OCH3 is 1. The number of thioether (sulfide) groups is 1. The van der Waals surface area contributed by atoms with Gasteiger partial charge in [-0.1, -0.05) is 19.8 Å². The summed E-state index contributed by atoms with van der Waals surface area (Å²) >= 11 is 2.04. The van der Waals surface area contributed by atoms with Crippen LogP contribution in [-0.4, -0.2) is 36.2 Å². The van der Waals surface area contributed by atoms with Gasteiger partial charge in [0.05, 0.1) is 7.11 Å². The van der Waals surface area contributed by atoms with Crippen LogP contribution in [-0.2, 0) is 9.53 Å². The van der Waals surface area contributed by atoms with Crippen molar-refractivity contribution in [1.82, 2.24) is 5.32 Å². The van der Waals surface area contributed by atoms with Crippen LogP contribution in [0, 0.1) is 5.92 Å². The Morgan fingerprint density at radius 2 is 2.15 bits per heavy atom. The second kappa shape index (κ2) is 7.69. The molecule has 0 heterocycles. The van der Waals surface area contributed by atoms with Crippen LogP contribution in [0.15, 0.2) is 0 Å². The van der Waals surface area contributed by atoms with E-state index in [0.717, 1.165) is 19.3 Å². The number of ether oxygens (including phenoxy) is 1. The summed E-state index contributed by atoms with van der Waals surface area (Å²) in [6.07, 6.45) is 9.43. The van der Waals surface area contributed by atoms with Crippen LogP contribution in [0.5, 0.6) is 0 Å². The third-order valence-electron chi connectivity index (χ3n) is 4.66. The van der Waals surface area contributed by atoms with Gasteiger partial charge in [-0.05, 0) is 55.9 Å². The minimum Gasteiger partial charge on any atom is -0.468 e. The van der Waals surface area contributed by atoms with E-state index in [-0.39, 0.29) is 11.5 Å². The molecule has 0 saturated heterocycles. The number of carbonyl (C=O) groups is 1. The summed E-state index contributed by atoms with van der Waals surface area (Å²) in [6, 6.07) is 0.558. The van der Waals surface area contributed by atoms with Crippen LogP contribution in [0.1, 0.15) is 58.3 Å². The molecule has 2 rings (SSSR count). The minimum absolute atomic E-state index is 0.0227. The van der Waals surface area contributed by atoms with Crippen molar-refractivity contribution in [2.45, 2.75) is 69.9 Å². The zero-order valence-electron chi connectivity index (χ0n) is 13.0. The van der Waals surface area contributed by atoms with Gasteiger partial charge in [0.15, 0.2) is 0 Å². The molecule has 0 amide bonds. The van der Waals surface area contributed by atoms with Crippen molar-refractivity contribution in [3.8, 4) is 0 Å². The molecule has 0 aliphatic heterocycles. The maximum atomic E-state index is 12.4. The third-order valence-corrected chi connectivity index (χ3v) is 5.76. The SMILES string of the molecule is CCCCSCCC1CCCC1(NC1CC1)C(=O)OC. The van der Waals surface area contributed by atoms with Crippen molar-refractivity contribution in [1.29, 1.82) is 0 Å². The summed E-state index contributed by atoms with van der Waals surface area (Å²) in [5.74, 6) is 2.87. The van der Waals surface area contributed by atoms with E-state index in [0.29, 0.717) is 12.0 Å². The number of hydrogen-bond acceptors (Lipinski definition) is 4. The number of rotatable bonds is 9. The summed E-state index contributed by atoms with van der Waals surface area (Å²) in [6.45, 7) is 2.24.